The summed E-state index contributed by atoms with van der Waals surface area (Å²) in [7, 11) is 0. The third-order valence-electron chi connectivity index (χ3n) is 2.71. The molecule has 1 saturated heterocycles. The van der Waals surface area contributed by atoms with Gasteiger partial charge in [0.05, 0.1) is 15.6 Å². The average molecular weight is 316 g/mol. The molecule has 3 rings (SSSR count). The van der Waals surface area contributed by atoms with Crippen molar-refractivity contribution >= 4 is 46.2 Å². The van der Waals surface area contributed by atoms with Crippen molar-refractivity contribution < 1.29 is 4.79 Å². The van der Waals surface area contributed by atoms with E-state index in [1.54, 1.807) is 30.6 Å². The molecule has 2 aromatic rings. The molecule has 1 fully saturated rings. The highest BCUT2D eigenvalue weighted by molar-refractivity contribution is 8.18. The van der Waals surface area contributed by atoms with E-state index in [1.807, 2.05) is 24.3 Å². The van der Waals surface area contributed by atoms with Crippen molar-refractivity contribution in [3.05, 3.63) is 64.3 Å². The van der Waals surface area contributed by atoms with Crippen LogP contribution in [-0.2, 0) is 4.79 Å². The third-order valence-corrected chi connectivity index (χ3v) is 3.94. The Balaban J connectivity index is 1.85. The molecule has 1 aliphatic heterocycles. The van der Waals surface area contributed by atoms with E-state index in [0.29, 0.717) is 20.8 Å². The number of nitrogens with one attached hydrogen (secondary N) is 1. The van der Waals surface area contributed by atoms with Crippen LogP contribution in [0, 0.1) is 0 Å². The largest absolute Gasteiger partial charge is 0.300 e. The first kappa shape index (κ1) is 13.9. The van der Waals surface area contributed by atoms with Gasteiger partial charge < -0.3 is 5.32 Å². The fraction of sp³-hybridized carbons (Fsp3) is 0. The van der Waals surface area contributed by atoms with Crippen molar-refractivity contribution in [2.45, 2.75) is 0 Å². The van der Waals surface area contributed by atoms with E-state index in [9.17, 15) is 4.79 Å². The summed E-state index contributed by atoms with van der Waals surface area (Å²) in [6.07, 6.45) is 5.17. The molecule has 0 radical (unpaired) electrons. The number of carbonyl (C=O) groups excluding carboxylic acids is 1. The van der Waals surface area contributed by atoms with Crippen LogP contribution in [0.2, 0.25) is 5.02 Å². The van der Waals surface area contributed by atoms with Gasteiger partial charge in [0.2, 0.25) is 0 Å². The number of carbonyl (C=O) groups is 1. The van der Waals surface area contributed by atoms with Crippen molar-refractivity contribution in [1.29, 1.82) is 0 Å². The number of thioether (sulfide) groups is 1. The fourth-order valence-electron chi connectivity index (χ4n) is 1.75. The van der Waals surface area contributed by atoms with E-state index in [4.69, 9.17) is 11.6 Å². The van der Waals surface area contributed by atoms with Gasteiger partial charge >= 0.3 is 0 Å². The summed E-state index contributed by atoms with van der Waals surface area (Å²) in [5.41, 5.74) is 1.50. The molecule has 0 spiro atoms. The van der Waals surface area contributed by atoms with Crippen molar-refractivity contribution in [3.63, 3.8) is 0 Å². The molecule has 104 valence electrons. The highest BCUT2D eigenvalue weighted by atomic mass is 35.5. The summed E-state index contributed by atoms with van der Waals surface area (Å²) in [6.45, 7) is 0. The monoisotopic (exact) mass is 315 g/mol. The van der Waals surface area contributed by atoms with E-state index in [0.717, 1.165) is 5.56 Å². The Morgan fingerprint density at radius 3 is 2.86 bits per heavy atom. The topological polar surface area (TPSA) is 54.4 Å². The van der Waals surface area contributed by atoms with Crippen LogP contribution >= 0.6 is 23.4 Å². The normalized spacial score (nSPS) is 18.2. The minimum atomic E-state index is -0.172. The number of para-hydroxylation sites is 1. The number of halogens is 1. The summed E-state index contributed by atoms with van der Waals surface area (Å²) in [4.78, 5) is 20.9. The van der Waals surface area contributed by atoms with Gasteiger partial charge in [-0.15, -0.1) is 0 Å². The second-order valence-electron chi connectivity index (χ2n) is 4.22. The number of rotatable bonds is 2. The zero-order valence-corrected chi connectivity index (χ0v) is 12.4. The maximum absolute atomic E-state index is 11.9. The maximum Gasteiger partial charge on any atom is 0.264 e. The summed E-state index contributed by atoms with van der Waals surface area (Å²) < 4.78 is 0. The van der Waals surface area contributed by atoms with Crippen molar-refractivity contribution in [2.75, 3.05) is 0 Å². The average Bonchev–Trinajstić information content (AvgIpc) is 2.82. The van der Waals surface area contributed by atoms with Crippen molar-refractivity contribution in [3.8, 4) is 0 Å². The minimum absolute atomic E-state index is 0.172. The van der Waals surface area contributed by atoms with E-state index < -0.39 is 0 Å². The maximum atomic E-state index is 11.9. The van der Waals surface area contributed by atoms with Gasteiger partial charge in [0, 0.05) is 12.4 Å². The second kappa shape index (κ2) is 6.11. The minimum Gasteiger partial charge on any atom is -0.300 e. The van der Waals surface area contributed by atoms with E-state index in [1.165, 1.54) is 11.8 Å². The first-order chi connectivity index (χ1) is 10.2. The Bertz CT molecular complexity index is 744. The molecule has 1 aromatic heterocycles. The Morgan fingerprint density at radius 2 is 2.10 bits per heavy atom. The molecule has 1 aromatic carbocycles. The van der Waals surface area contributed by atoms with E-state index in [2.05, 4.69) is 15.3 Å². The van der Waals surface area contributed by atoms with Crippen LogP contribution in [0.25, 0.3) is 6.08 Å². The Hall–Kier alpha value is -2.11. The number of nitrogens with zero attached hydrogens (tertiary/aromatic N) is 2. The quantitative estimate of drug-likeness (QED) is 0.861. The van der Waals surface area contributed by atoms with Gasteiger partial charge in [-0.2, -0.15) is 0 Å². The highest BCUT2D eigenvalue weighted by Gasteiger charge is 2.23. The number of aromatic nitrogens is 1. The van der Waals surface area contributed by atoms with Gasteiger partial charge in [0.25, 0.3) is 5.91 Å². The summed E-state index contributed by atoms with van der Waals surface area (Å²) >= 11 is 7.33. The Kier molecular flexibility index (Phi) is 4.03. The highest BCUT2D eigenvalue weighted by Crippen LogP contribution is 2.30. The number of hydrogen-bond acceptors (Lipinski definition) is 4. The SMILES string of the molecule is O=C1NC(=Nc2ccccc2Cl)S/C1=C/c1cccnc1. The molecule has 0 atom stereocenters. The number of pyridine rings is 1. The lowest BCUT2D eigenvalue weighted by Gasteiger charge is -1.98. The van der Waals surface area contributed by atoms with Gasteiger partial charge in [-0.25, -0.2) is 4.99 Å². The van der Waals surface area contributed by atoms with Crippen LogP contribution in [0.4, 0.5) is 5.69 Å². The molecule has 1 aliphatic rings. The molecule has 0 unspecified atom stereocenters. The third kappa shape index (κ3) is 3.32. The summed E-state index contributed by atoms with van der Waals surface area (Å²) in [5.74, 6) is -0.172. The van der Waals surface area contributed by atoms with Crippen LogP contribution in [0.15, 0.2) is 58.7 Å². The van der Waals surface area contributed by atoms with Gasteiger partial charge in [-0.05, 0) is 41.6 Å². The number of amides is 1. The van der Waals surface area contributed by atoms with Crippen LogP contribution in [-0.4, -0.2) is 16.1 Å². The van der Waals surface area contributed by atoms with Crippen LogP contribution in [0.1, 0.15) is 5.56 Å². The lowest BCUT2D eigenvalue weighted by molar-refractivity contribution is -0.115. The zero-order valence-electron chi connectivity index (χ0n) is 10.8. The van der Waals surface area contributed by atoms with Gasteiger partial charge in [0.15, 0.2) is 5.17 Å². The van der Waals surface area contributed by atoms with E-state index in [-0.39, 0.29) is 5.91 Å². The number of benzene rings is 1. The molecule has 4 nitrogen and oxygen atoms in total. The molecular formula is C15H10ClN3OS. The number of hydrogen-bond donors (Lipinski definition) is 1. The van der Waals surface area contributed by atoms with Crippen LogP contribution in [0.3, 0.4) is 0 Å². The van der Waals surface area contributed by atoms with Gasteiger partial charge in [0.1, 0.15) is 0 Å². The van der Waals surface area contributed by atoms with Crippen LogP contribution in [0.5, 0.6) is 0 Å². The molecule has 1 N–H and O–H groups in total. The first-order valence-corrected chi connectivity index (χ1v) is 7.36. The lowest BCUT2D eigenvalue weighted by Crippen LogP contribution is -2.19. The molecule has 0 aliphatic carbocycles. The van der Waals surface area contributed by atoms with Gasteiger partial charge in [-0.1, -0.05) is 29.8 Å². The van der Waals surface area contributed by atoms with Crippen molar-refractivity contribution in [1.82, 2.24) is 10.3 Å². The second-order valence-corrected chi connectivity index (χ2v) is 5.66. The molecule has 1 amide bonds. The van der Waals surface area contributed by atoms with Crippen molar-refractivity contribution in [2.24, 2.45) is 4.99 Å². The number of amidine groups is 1. The molecule has 0 bridgehead atoms. The lowest BCUT2D eigenvalue weighted by atomic mass is 10.2. The Morgan fingerprint density at radius 1 is 1.24 bits per heavy atom. The zero-order chi connectivity index (χ0) is 14.7. The van der Waals surface area contributed by atoms with E-state index >= 15 is 0 Å². The smallest absolute Gasteiger partial charge is 0.264 e. The molecular weight excluding hydrogens is 306 g/mol. The molecule has 0 saturated carbocycles. The fourth-order valence-corrected chi connectivity index (χ4v) is 2.76. The van der Waals surface area contributed by atoms with Gasteiger partial charge in [-0.3, -0.25) is 9.78 Å². The first-order valence-electron chi connectivity index (χ1n) is 6.16. The Labute approximate surface area is 131 Å². The van der Waals surface area contributed by atoms with Crippen LogP contribution < -0.4 is 5.32 Å². The summed E-state index contributed by atoms with van der Waals surface area (Å²) in [5, 5.41) is 3.79. The number of aliphatic imine (C=N–C) groups is 1. The standard InChI is InChI=1S/C15H10ClN3OS/c16-11-5-1-2-6-12(11)18-15-19-14(20)13(21-15)8-10-4-3-7-17-9-10/h1-9H,(H,18,19,20)/b13-8+. The summed E-state index contributed by atoms with van der Waals surface area (Å²) in [6, 6.07) is 10.9. The molecule has 2 heterocycles. The predicted molar refractivity (Wildman–Crippen MR) is 86.5 cm³/mol. The predicted octanol–water partition coefficient (Wildman–Crippen LogP) is 3.63. The molecule has 6 heteroatoms. The molecule has 21 heavy (non-hydrogen) atoms.